The number of nitrogens with zero attached hydrogens (tertiary/aromatic N) is 2. The Morgan fingerprint density at radius 3 is 2.46 bits per heavy atom. The van der Waals surface area contributed by atoms with Crippen LogP contribution in [0.5, 0.6) is 0 Å². The topological polar surface area (TPSA) is 97.4 Å². The lowest BCUT2D eigenvalue weighted by Crippen LogP contribution is -2.25. The summed E-state index contributed by atoms with van der Waals surface area (Å²) in [5.74, 6) is 0. The second-order valence-corrected chi connectivity index (χ2v) is 5.85. The highest BCUT2D eigenvalue weighted by Gasteiger charge is 2.25. The smallest absolute Gasteiger partial charge is 0.357 e. The van der Waals surface area contributed by atoms with Crippen LogP contribution >= 0.6 is 0 Å². The number of aromatic nitrogens is 1. The summed E-state index contributed by atoms with van der Waals surface area (Å²) < 4.78 is 1.38. The van der Waals surface area contributed by atoms with Crippen LogP contribution in [0, 0.1) is 10.1 Å². The number of aryl methyl sites for hydroxylation is 1. The van der Waals surface area contributed by atoms with E-state index in [9.17, 15) is 20.0 Å². The van der Waals surface area contributed by atoms with Crippen molar-refractivity contribution in [3.63, 3.8) is 0 Å². The van der Waals surface area contributed by atoms with E-state index in [-0.39, 0.29) is 12.2 Å². The highest BCUT2D eigenvalue weighted by Crippen LogP contribution is 2.30. The number of nitrogens with one attached hydrogen (secondary N) is 1. The number of fused-ring (bicyclic) bond motifs is 1. The molecule has 0 amide bonds. The van der Waals surface area contributed by atoms with E-state index in [0.717, 1.165) is 0 Å². The van der Waals surface area contributed by atoms with Crippen LogP contribution in [-0.4, -0.2) is 21.1 Å². The van der Waals surface area contributed by atoms with Crippen molar-refractivity contribution in [1.29, 1.82) is 0 Å². The standard InChI is InChI=1S/C19H19N3O4/c1-2-21-15-11-7-6-10-14(15)17(18(19(21)24)22(25)26)20-12-16(23)13-8-4-3-5-9-13/h3-11,16,20,23H,2,12H2,1H3/t16-/m1/s1. The summed E-state index contributed by atoms with van der Waals surface area (Å²) in [6.45, 7) is 2.14. The van der Waals surface area contributed by atoms with Gasteiger partial charge < -0.3 is 15.0 Å². The number of anilines is 1. The van der Waals surface area contributed by atoms with E-state index >= 15 is 0 Å². The largest absolute Gasteiger partial charge is 0.387 e. The lowest BCUT2D eigenvalue weighted by Gasteiger charge is -2.16. The van der Waals surface area contributed by atoms with Crippen LogP contribution in [0.25, 0.3) is 10.9 Å². The second-order valence-electron chi connectivity index (χ2n) is 5.85. The number of rotatable bonds is 6. The molecule has 0 radical (unpaired) electrons. The fourth-order valence-corrected chi connectivity index (χ4v) is 3.05. The van der Waals surface area contributed by atoms with E-state index in [1.807, 2.05) is 6.07 Å². The molecule has 1 heterocycles. The minimum absolute atomic E-state index is 0.0461. The van der Waals surface area contributed by atoms with Crippen molar-refractivity contribution < 1.29 is 10.0 Å². The number of hydrogen-bond acceptors (Lipinski definition) is 5. The van der Waals surface area contributed by atoms with Crippen LogP contribution in [0.3, 0.4) is 0 Å². The number of pyridine rings is 1. The Bertz CT molecular complexity index is 999. The van der Waals surface area contributed by atoms with E-state index in [4.69, 9.17) is 0 Å². The normalized spacial score (nSPS) is 12.1. The highest BCUT2D eigenvalue weighted by atomic mass is 16.6. The first-order valence-electron chi connectivity index (χ1n) is 8.31. The molecule has 0 bridgehead atoms. The summed E-state index contributed by atoms with van der Waals surface area (Å²) >= 11 is 0. The Morgan fingerprint density at radius 2 is 1.81 bits per heavy atom. The summed E-state index contributed by atoms with van der Waals surface area (Å²) in [5, 5.41) is 25.4. The number of aliphatic hydroxyl groups is 1. The average Bonchev–Trinajstić information content (AvgIpc) is 2.66. The summed E-state index contributed by atoms with van der Waals surface area (Å²) in [5.41, 5.74) is 0.269. The van der Waals surface area contributed by atoms with Gasteiger partial charge in [-0.15, -0.1) is 0 Å². The number of aliphatic hydroxyl groups excluding tert-OH is 1. The van der Waals surface area contributed by atoms with Gasteiger partial charge in [-0.25, -0.2) is 0 Å². The molecule has 7 heteroatoms. The predicted molar refractivity (Wildman–Crippen MR) is 100 cm³/mol. The van der Waals surface area contributed by atoms with Gasteiger partial charge in [-0.3, -0.25) is 14.9 Å². The molecule has 0 saturated carbocycles. The molecule has 0 aliphatic rings. The van der Waals surface area contributed by atoms with Gasteiger partial charge in [0.2, 0.25) is 0 Å². The molecule has 0 aliphatic heterocycles. The van der Waals surface area contributed by atoms with Crippen LogP contribution in [0.15, 0.2) is 59.4 Å². The van der Waals surface area contributed by atoms with Gasteiger partial charge >= 0.3 is 11.2 Å². The van der Waals surface area contributed by atoms with E-state index in [1.165, 1.54) is 4.57 Å². The van der Waals surface area contributed by atoms with Crippen molar-refractivity contribution in [3.05, 3.63) is 80.6 Å². The lowest BCUT2D eigenvalue weighted by molar-refractivity contribution is -0.385. The highest BCUT2D eigenvalue weighted by molar-refractivity contribution is 5.96. The van der Waals surface area contributed by atoms with Crippen molar-refractivity contribution in [2.24, 2.45) is 0 Å². The van der Waals surface area contributed by atoms with Gasteiger partial charge in [0.25, 0.3) is 0 Å². The minimum Gasteiger partial charge on any atom is -0.387 e. The van der Waals surface area contributed by atoms with Gasteiger partial charge in [-0.1, -0.05) is 48.5 Å². The van der Waals surface area contributed by atoms with Crippen molar-refractivity contribution in [3.8, 4) is 0 Å². The molecule has 26 heavy (non-hydrogen) atoms. The maximum Gasteiger partial charge on any atom is 0.357 e. The Morgan fingerprint density at radius 1 is 1.15 bits per heavy atom. The first kappa shape index (κ1) is 17.6. The second kappa shape index (κ2) is 7.37. The molecule has 2 aromatic carbocycles. The van der Waals surface area contributed by atoms with Crippen LogP contribution < -0.4 is 10.9 Å². The third-order valence-corrected chi connectivity index (χ3v) is 4.30. The fraction of sp³-hybridized carbons (Fsp3) is 0.211. The first-order valence-corrected chi connectivity index (χ1v) is 8.31. The zero-order valence-electron chi connectivity index (χ0n) is 14.3. The fourth-order valence-electron chi connectivity index (χ4n) is 3.05. The van der Waals surface area contributed by atoms with Gasteiger partial charge in [0.1, 0.15) is 5.69 Å². The van der Waals surface area contributed by atoms with Gasteiger partial charge in [0, 0.05) is 18.5 Å². The molecule has 3 aromatic rings. The van der Waals surface area contributed by atoms with Crippen LogP contribution in [0.4, 0.5) is 11.4 Å². The van der Waals surface area contributed by atoms with E-state index in [0.29, 0.717) is 23.0 Å². The van der Waals surface area contributed by atoms with E-state index < -0.39 is 22.3 Å². The minimum atomic E-state index is -0.858. The molecular formula is C19H19N3O4. The zero-order valence-corrected chi connectivity index (χ0v) is 14.3. The third-order valence-electron chi connectivity index (χ3n) is 4.30. The van der Waals surface area contributed by atoms with Crippen molar-refractivity contribution in [2.45, 2.75) is 19.6 Å². The monoisotopic (exact) mass is 353 g/mol. The Kier molecular flexibility index (Phi) is 4.99. The number of para-hydroxylation sites is 1. The molecule has 3 rings (SSSR count). The summed E-state index contributed by atoms with van der Waals surface area (Å²) in [6, 6.07) is 16.0. The van der Waals surface area contributed by atoms with Crippen LogP contribution in [0.1, 0.15) is 18.6 Å². The van der Waals surface area contributed by atoms with Crippen LogP contribution in [-0.2, 0) is 6.54 Å². The van der Waals surface area contributed by atoms with Gasteiger partial charge in [0.05, 0.1) is 16.5 Å². The van der Waals surface area contributed by atoms with Crippen molar-refractivity contribution in [2.75, 3.05) is 11.9 Å². The number of benzene rings is 2. The third kappa shape index (κ3) is 3.16. The molecule has 134 valence electrons. The van der Waals surface area contributed by atoms with Crippen molar-refractivity contribution >= 4 is 22.3 Å². The average molecular weight is 353 g/mol. The van der Waals surface area contributed by atoms with Gasteiger partial charge in [0.15, 0.2) is 0 Å². The molecule has 0 saturated heterocycles. The Hall–Kier alpha value is -3.19. The lowest BCUT2D eigenvalue weighted by atomic mass is 10.1. The SMILES string of the molecule is CCn1c(=O)c([N+](=O)[O-])c(NC[C@@H](O)c2ccccc2)c2ccccc21. The molecule has 7 nitrogen and oxygen atoms in total. The Balaban J connectivity index is 2.08. The quantitative estimate of drug-likeness (QED) is 0.524. The summed E-state index contributed by atoms with van der Waals surface area (Å²) in [7, 11) is 0. The number of nitro groups is 1. The van der Waals surface area contributed by atoms with E-state index in [1.54, 1.807) is 55.5 Å². The molecule has 1 atom stereocenters. The first-order chi connectivity index (χ1) is 12.5. The van der Waals surface area contributed by atoms with E-state index in [2.05, 4.69) is 5.32 Å². The maximum absolute atomic E-state index is 12.6. The molecule has 2 N–H and O–H groups in total. The van der Waals surface area contributed by atoms with Crippen molar-refractivity contribution in [1.82, 2.24) is 4.57 Å². The Labute approximate surface area is 149 Å². The van der Waals surface area contributed by atoms with Gasteiger partial charge in [-0.2, -0.15) is 0 Å². The molecule has 1 aromatic heterocycles. The molecule has 0 unspecified atom stereocenters. The zero-order chi connectivity index (χ0) is 18.7. The summed E-state index contributed by atoms with van der Waals surface area (Å²) in [4.78, 5) is 23.5. The number of hydrogen-bond donors (Lipinski definition) is 2. The van der Waals surface area contributed by atoms with Crippen LogP contribution in [0.2, 0.25) is 0 Å². The molecule has 0 aliphatic carbocycles. The predicted octanol–water partition coefficient (Wildman–Crippen LogP) is 3.08. The molecule has 0 fully saturated rings. The molecular weight excluding hydrogens is 334 g/mol. The van der Waals surface area contributed by atoms with Gasteiger partial charge in [-0.05, 0) is 18.6 Å². The summed E-state index contributed by atoms with van der Waals surface area (Å²) in [6.07, 6.45) is -0.858. The maximum atomic E-state index is 12.6. The molecule has 0 spiro atoms.